The summed E-state index contributed by atoms with van der Waals surface area (Å²) in [5, 5.41) is 10.2. The Morgan fingerprint density at radius 2 is 1.50 bits per heavy atom. The molecule has 0 amide bonds. The van der Waals surface area contributed by atoms with Crippen LogP contribution in [-0.2, 0) is 11.0 Å². The van der Waals surface area contributed by atoms with Gasteiger partial charge in [0.15, 0.2) is 0 Å². The Morgan fingerprint density at radius 3 is 1.88 bits per heavy atom. The van der Waals surface area contributed by atoms with Crippen LogP contribution in [0, 0.1) is 0 Å². The van der Waals surface area contributed by atoms with E-state index in [0.717, 1.165) is 5.56 Å². The van der Waals surface area contributed by atoms with Gasteiger partial charge in [-0.1, -0.05) is 51.1 Å². The number of hydrogen-bond acceptors (Lipinski definition) is 1. The minimum Gasteiger partial charge on any atom is -0.385 e. The van der Waals surface area contributed by atoms with Crippen molar-refractivity contribution >= 4 is 0 Å². The van der Waals surface area contributed by atoms with Gasteiger partial charge in [-0.3, -0.25) is 0 Å². The summed E-state index contributed by atoms with van der Waals surface area (Å²) in [6, 6.07) is 8.19. The van der Waals surface area contributed by atoms with Crippen LogP contribution in [0.3, 0.4) is 0 Å². The van der Waals surface area contributed by atoms with Crippen molar-refractivity contribution < 1.29 is 5.11 Å². The summed E-state index contributed by atoms with van der Waals surface area (Å²) < 4.78 is 0. The molecule has 0 radical (unpaired) electrons. The fourth-order valence-electron chi connectivity index (χ4n) is 1.73. The van der Waals surface area contributed by atoms with Gasteiger partial charge in [0.25, 0.3) is 0 Å². The summed E-state index contributed by atoms with van der Waals surface area (Å²) in [6.07, 6.45) is 2.32. The monoisotopic (exact) mass is 218 g/mol. The molecule has 0 aliphatic heterocycles. The van der Waals surface area contributed by atoms with Crippen LogP contribution in [0.4, 0.5) is 0 Å². The largest absolute Gasteiger partial charge is 0.385 e. The van der Waals surface area contributed by atoms with Crippen molar-refractivity contribution in [3.63, 3.8) is 0 Å². The maximum atomic E-state index is 10.2. The van der Waals surface area contributed by atoms with E-state index in [0.29, 0.717) is 6.42 Å². The number of hydrogen-bond donors (Lipinski definition) is 1. The van der Waals surface area contributed by atoms with E-state index in [1.165, 1.54) is 5.56 Å². The molecular weight excluding hydrogens is 196 g/mol. The second-order valence-electron chi connectivity index (χ2n) is 5.59. The van der Waals surface area contributed by atoms with Crippen molar-refractivity contribution in [3.05, 3.63) is 48.0 Å². The zero-order valence-corrected chi connectivity index (χ0v) is 10.7. The standard InChI is InChI=1S/C15H22O/c1-6-11-15(5,16)13-9-7-12(8-10-13)14(2,3)4/h6-10,16H,1,11H2,2-5H3/t15-/m1/s1. The Labute approximate surface area is 98.8 Å². The molecule has 1 aromatic rings. The Morgan fingerprint density at radius 1 is 1.06 bits per heavy atom. The van der Waals surface area contributed by atoms with E-state index in [-0.39, 0.29) is 5.41 Å². The number of benzene rings is 1. The number of aliphatic hydroxyl groups is 1. The highest BCUT2D eigenvalue weighted by molar-refractivity contribution is 5.30. The molecule has 0 saturated carbocycles. The molecule has 0 spiro atoms. The van der Waals surface area contributed by atoms with Crippen LogP contribution >= 0.6 is 0 Å². The topological polar surface area (TPSA) is 20.2 Å². The van der Waals surface area contributed by atoms with Crippen molar-refractivity contribution in [1.82, 2.24) is 0 Å². The van der Waals surface area contributed by atoms with Crippen LogP contribution in [0.5, 0.6) is 0 Å². The van der Waals surface area contributed by atoms with Crippen LogP contribution in [0.2, 0.25) is 0 Å². The minimum atomic E-state index is -0.807. The summed E-state index contributed by atoms with van der Waals surface area (Å²) in [7, 11) is 0. The molecule has 1 N–H and O–H groups in total. The first kappa shape index (κ1) is 13.0. The lowest BCUT2D eigenvalue weighted by Crippen LogP contribution is -2.20. The highest BCUT2D eigenvalue weighted by Crippen LogP contribution is 2.28. The Hall–Kier alpha value is -1.08. The lowest BCUT2D eigenvalue weighted by molar-refractivity contribution is 0.0606. The van der Waals surface area contributed by atoms with Gasteiger partial charge in [0.2, 0.25) is 0 Å². The molecule has 16 heavy (non-hydrogen) atoms. The molecular formula is C15H22O. The summed E-state index contributed by atoms with van der Waals surface area (Å²) in [6.45, 7) is 12.0. The van der Waals surface area contributed by atoms with Crippen molar-refractivity contribution in [2.75, 3.05) is 0 Å². The fraction of sp³-hybridized carbons (Fsp3) is 0.467. The van der Waals surface area contributed by atoms with Crippen molar-refractivity contribution in [1.29, 1.82) is 0 Å². The van der Waals surface area contributed by atoms with Gasteiger partial charge in [0, 0.05) is 0 Å². The van der Waals surface area contributed by atoms with E-state index in [4.69, 9.17) is 0 Å². The Balaban J connectivity index is 2.99. The second-order valence-corrected chi connectivity index (χ2v) is 5.59. The average molecular weight is 218 g/mol. The molecule has 0 aliphatic carbocycles. The van der Waals surface area contributed by atoms with Gasteiger partial charge in [-0.15, -0.1) is 6.58 Å². The van der Waals surface area contributed by atoms with Gasteiger partial charge >= 0.3 is 0 Å². The van der Waals surface area contributed by atoms with Crippen LogP contribution in [0.25, 0.3) is 0 Å². The molecule has 1 aromatic carbocycles. The van der Waals surface area contributed by atoms with E-state index in [1.54, 1.807) is 6.08 Å². The smallest absolute Gasteiger partial charge is 0.0902 e. The molecule has 1 nitrogen and oxygen atoms in total. The van der Waals surface area contributed by atoms with Gasteiger partial charge in [0.1, 0.15) is 0 Å². The lowest BCUT2D eigenvalue weighted by atomic mass is 9.84. The summed E-state index contributed by atoms with van der Waals surface area (Å²) >= 11 is 0. The van der Waals surface area contributed by atoms with Crippen molar-refractivity contribution in [3.8, 4) is 0 Å². The average Bonchev–Trinajstić information content (AvgIpc) is 2.16. The Kier molecular flexibility index (Phi) is 3.59. The zero-order valence-electron chi connectivity index (χ0n) is 10.7. The van der Waals surface area contributed by atoms with Crippen molar-refractivity contribution in [2.24, 2.45) is 0 Å². The SMILES string of the molecule is C=CC[C@@](C)(O)c1ccc(C(C)(C)C)cc1. The minimum absolute atomic E-state index is 0.156. The highest BCUT2D eigenvalue weighted by atomic mass is 16.3. The van der Waals surface area contributed by atoms with E-state index < -0.39 is 5.60 Å². The summed E-state index contributed by atoms with van der Waals surface area (Å²) in [5.41, 5.74) is 1.58. The van der Waals surface area contributed by atoms with Gasteiger partial charge in [-0.2, -0.15) is 0 Å². The van der Waals surface area contributed by atoms with Gasteiger partial charge < -0.3 is 5.11 Å². The van der Waals surface area contributed by atoms with Crippen molar-refractivity contribution in [2.45, 2.75) is 45.1 Å². The lowest BCUT2D eigenvalue weighted by Gasteiger charge is -2.24. The zero-order chi connectivity index (χ0) is 12.4. The quantitative estimate of drug-likeness (QED) is 0.766. The van der Waals surface area contributed by atoms with E-state index in [1.807, 2.05) is 19.1 Å². The van der Waals surface area contributed by atoms with Crippen LogP contribution in [0.15, 0.2) is 36.9 Å². The molecule has 0 bridgehead atoms. The molecule has 0 fully saturated rings. The van der Waals surface area contributed by atoms with E-state index >= 15 is 0 Å². The predicted octanol–water partition coefficient (Wildman–Crippen LogP) is 3.77. The van der Waals surface area contributed by atoms with Crippen LogP contribution < -0.4 is 0 Å². The molecule has 0 aliphatic rings. The third-order valence-electron chi connectivity index (χ3n) is 2.91. The third-order valence-corrected chi connectivity index (χ3v) is 2.91. The third kappa shape index (κ3) is 2.96. The molecule has 0 unspecified atom stereocenters. The summed E-state index contributed by atoms with van der Waals surface area (Å²) in [5.74, 6) is 0. The molecule has 0 heterocycles. The maximum Gasteiger partial charge on any atom is 0.0902 e. The first-order valence-corrected chi connectivity index (χ1v) is 5.72. The predicted molar refractivity (Wildman–Crippen MR) is 69.5 cm³/mol. The van der Waals surface area contributed by atoms with E-state index in [9.17, 15) is 5.11 Å². The number of rotatable bonds is 3. The molecule has 1 heteroatoms. The second kappa shape index (κ2) is 4.42. The molecule has 1 rings (SSSR count). The molecule has 0 saturated heterocycles. The van der Waals surface area contributed by atoms with E-state index in [2.05, 4.69) is 39.5 Å². The molecule has 88 valence electrons. The maximum absolute atomic E-state index is 10.2. The van der Waals surface area contributed by atoms with Gasteiger partial charge in [0.05, 0.1) is 5.60 Å². The Bertz CT molecular complexity index is 352. The van der Waals surface area contributed by atoms with Gasteiger partial charge in [-0.05, 0) is 29.9 Å². The highest BCUT2D eigenvalue weighted by Gasteiger charge is 2.22. The molecule has 1 atom stereocenters. The first-order valence-electron chi connectivity index (χ1n) is 5.72. The summed E-state index contributed by atoms with van der Waals surface area (Å²) in [4.78, 5) is 0. The van der Waals surface area contributed by atoms with Crippen LogP contribution in [-0.4, -0.2) is 5.11 Å². The first-order chi connectivity index (χ1) is 7.27. The molecule has 0 aromatic heterocycles. The van der Waals surface area contributed by atoms with Crippen LogP contribution in [0.1, 0.15) is 45.2 Å². The van der Waals surface area contributed by atoms with Gasteiger partial charge in [-0.25, -0.2) is 0 Å². The normalized spacial score (nSPS) is 15.6. The fourth-order valence-corrected chi connectivity index (χ4v) is 1.73.